The Kier molecular flexibility index (Phi) is 8.14. The van der Waals surface area contributed by atoms with Crippen LogP contribution in [-0.4, -0.2) is 53.2 Å². The van der Waals surface area contributed by atoms with Crippen molar-refractivity contribution in [1.29, 1.82) is 0 Å². The third kappa shape index (κ3) is 5.63. The molecule has 1 heterocycles. The third-order valence-corrected chi connectivity index (χ3v) is 4.63. The van der Waals surface area contributed by atoms with E-state index in [1.807, 2.05) is 44.2 Å². The second-order valence-corrected chi connectivity index (χ2v) is 6.73. The number of carboxylic acid groups (broad SMARTS) is 1. The minimum Gasteiger partial charge on any atom is -0.481 e. The number of rotatable bonds is 10. The number of pyridine rings is 1. The molecule has 1 atom stereocenters. The van der Waals surface area contributed by atoms with Gasteiger partial charge in [0.1, 0.15) is 0 Å². The van der Waals surface area contributed by atoms with Crippen LogP contribution in [0.5, 0.6) is 0 Å². The highest BCUT2D eigenvalue weighted by Crippen LogP contribution is 2.25. The molecule has 0 aliphatic rings. The Balaban J connectivity index is 2.28. The molecule has 1 aromatic heterocycles. The first-order chi connectivity index (χ1) is 13.5. The van der Waals surface area contributed by atoms with Crippen molar-refractivity contribution in [3.8, 4) is 11.3 Å². The summed E-state index contributed by atoms with van der Waals surface area (Å²) in [7, 11) is 0. The molecule has 0 saturated carbocycles. The fraction of sp³-hybridized carbons (Fsp3) is 0.409. The maximum atomic E-state index is 13.2. The summed E-state index contributed by atoms with van der Waals surface area (Å²) in [6, 6.07) is 11.2. The van der Waals surface area contributed by atoms with Crippen LogP contribution in [0.15, 0.2) is 42.6 Å². The van der Waals surface area contributed by atoms with Crippen LogP contribution in [0.2, 0.25) is 0 Å². The Labute approximate surface area is 166 Å². The molecule has 28 heavy (non-hydrogen) atoms. The van der Waals surface area contributed by atoms with Crippen LogP contribution in [-0.2, 0) is 9.53 Å². The largest absolute Gasteiger partial charge is 0.481 e. The van der Waals surface area contributed by atoms with Gasteiger partial charge in [-0.25, -0.2) is 0 Å². The van der Waals surface area contributed by atoms with E-state index in [1.54, 1.807) is 24.1 Å². The maximum absolute atomic E-state index is 13.2. The molecule has 1 unspecified atom stereocenters. The zero-order valence-electron chi connectivity index (χ0n) is 16.7. The van der Waals surface area contributed by atoms with E-state index in [0.29, 0.717) is 31.7 Å². The van der Waals surface area contributed by atoms with Gasteiger partial charge in [-0.2, -0.15) is 0 Å². The Morgan fingerprint density at radius 3 is 2.64 bits per heavy atom. The van der Waals surface area contributed by atoms with Crippen LogP contribution >= 0.6 is 0 Å². The molecule has 6 heteroatoms. The fourth-order valence-electron chi connectivity index (χ4n) is 3.02. The lowest BCUT2D eigenvalue weighted by Crippen LogP contribution is -2.38. The van der Waals surface area contributed by atoms with Gasteiger partial charge in [-0.15, -0.1) is 0 Å². The van der Waals surface area contributed by atoms with Gasteiger partial charge in [0.25, 0.3) is 5.91 Å². The maximum Gasteiger partial charge on any atom is 0.308 e. The lowest BCUT2D eigenvalue weighted by Gasteiger charge is -2.26. The summed E-state index contributed by atoms with van der Waals surface area (Å²) in [5, 5.41) is 9.27. The lowest BCUT2D eigenvalue weighted by atomic mass is 9.98. The Morgan fingerprint density at radius 1 is 1.21 bits per heavy atom. The summed E-state index contributed by atoms with van der Waals surface area (Å²) in [6.07, 6.45) is 2.38. The molecule has 0 radical (unpaired) electrons. The predicted octanol–water partition coefficient (Wildman–Crippen LogP) is 3.65. The van der Waals surface area contributed by atoms with E-state index in [-0.39, 0.29) is 12.5 Å². The predicted molar refractivity (Wildman–Crippen MR) is 108 cm³/mol. The number of hydrogen-bond acceptors (Lipinski definition) is 4. The van der Waals surface area contributed by atoms with Gasteiger partial charge in [-0.1, -0.05) is 25.1 Å². The van der Waals surface area contributed by atoms with Gasteiger partial charge in [-0.3, -0.25) is 14.6 Å². The van der Waals surface area contributed by atoms with Crippen molar-refractivity contribution in [1.82, 2.24) is 9.88 Å². The van der Waals surface area contributed by atoms with E-state index in [1.165, 1.54) is 0 Å². The van der Waals surface area contributed by atoms with Crippen molar-refractivity contribution in [2.24, 2.45) is 5.92 Å². The molecule has 150 valence electrons. The fourth-order valence-corrected chi connectivity index (χ4v) is 3.02. The van der Waals surface area contributed by atoms with Gasteiger partial charge in [0, 0.05) is 43.6 Å². The molecule has 1 aromatic carbocycles. The first kappa shape index (κ1) is 21.6. The summed E-state index contributed by atoms with van der Waals surface area (Å²) >= 11 is 0. The molecule has 2 aromatic rings. The van der Waals surface area contributed by atoms with Crippen molar-refractivity contribution >= 4 is 11.9 Å². The first-order valence-corrected chi connectivity index (χ1v) is 9.56. The molecular formula is C22H28N2O4. The van der Waals surface area contributed by atoms with E-state index in [0.717, 1.165) is 16.8 Å². The number of amides is 1. The number of aromatic nitrogens is 1. The van der Waals surface area contributed by atoms with Crippen LogP contribution in [0, 0.1) is 12.8 Å². The first-order valence-electron chi connectivity index (χ1n) is 9.56. The highest BCUT2D eigenvalue weighted by atomic mass is 16.5. The van der Waals surface area contributed by atoms with E-state index >= 15 is 0 Å². The van der Waals surface area contributed by atoms with Gasteiger partial charge in [0.15, 0.2) is 0 Å². The normalized spacial score (nSPS) is 11.8. The van der Waals surface area contributed by atoms with Crippen LogP contribution < -0.4 is 0 Å². The van der Waals surface area contributed by atoms with Crippen LogP contribution in [0.25, 0.3) is 11.3 Å². The van der Waals surface area contributed by atoms with Crippen LogP contribution in [0.1, 0.15) is 36.2 Å². The molecule has 0 spiro atoms. The van der Waals surface area contributed by atoms with Crippen molar-refractivity contribution in [2.45, 2.75) is 27.2 Å². The van der Waals surface area contributed by atoms with Crippen molar-refractivity contribution in [3.05, 3.63) is 53.7 Å². The van der Waals surface area contributed by atoms with E-state index < -0.39 is 11.9 Å². The Morgan fingerprint density at radius 2 is 2.00 bits per heavy atom. The Hall–Kier alpha value is -2.73. The number of carbonyl (C=O) groups is 2. The standard InChI is InChI=1S/C22H28N2O4/c1-4-28-14-8-13-24(15-16(2)22(26)27)21(25)19-10-7-9-18(17(19)3)20-11-5-6-12-23-20/h5-7,9-12,16H,4,8,13-15H2,1-3H3,(H,26,27). The molecule has 2 rings (SSSR count). The smallest absolute Gasteiger partial charge is 0.308 e. The minimum atomic E-state index is -0.915. The highest BCUT2D eigenvalue weighted by Gasteiger charge is 2.23. The number of ether oxygens (including phenoxy) is 1. The topological polar surface area (TPSA) is 79.7 Å². The summed E-state index contributed by atoms with van der Waals surface area (Å²) in [5.74, 6) is -1.73. The highest BCUT2D eigenvalue weighted by molar-refractivity contribution is 5.97. The summed E-state index contributed by atoms with van der Waals surface area (Å²) in [6.45, 7) is 7.19. The minimum absolute atomic E-state index is 0.160. The van der Waals surface area contributed by atoms with Gasteiger partial charge < -0.3 is 14.7 Å². The number of carboxylic acids is 1. The average molecular weight is 384 g/mol. The zero-order valence-corrected chi connectivity index (χ0v) is 16.7. The average Bonchev–Trinajstić information content (AvgIpc) is 2.70. The molecule has 0 bridgehead atoms. The Bertz CT molecular complexity index is 792. The van der Waals surface area contributed by atoms with E-state index in [9.17, 15) is 14.7 Å². The van der Waals surface area contributed by atoms with Crippen molar-refractivity contribution in [3.63, 3.8) is 0 Å². The van der Waals surface area contributed by atoms with Gasteiger partial charge in [0.05, 0.1) is 11.6 Å². The molecule has 6 nitrogen and oxygen atoms in total. The number of hydrogen-bond donors (Lipinski definition) is 1. The summed E-state index contributed by atoms with van der Waals surface area (Å²) in [5.41, 5.74) is 3.10. The monoisotopic (exact) mass is 384 g/mol. The third-order valence-electron chi connectivity index (χ3n) is 4.63. The number of carbonyl (C=O) groups excluding carboxylic acids is 1. The SMILES string of the molecule is CCOCCCN(CC(C)C(=O)O)C(=O)c1cccc(-c2ccccn2)c1C. The molecule has 0 aliphatic carbocycles. The zero-order chi connectivity index (χ0) is 20.5. The quantitative estimate of drug-likeness (QED) is 0.633. The summed E-state index contributed by atoms with van der Waals surface area (Å²) in [4.78, 5) is 30.5. The molecule has 0 saturated heterocycles. The van der Waals surface area contributed by atoms with Gasteiger partial charge in [0.2, 0.25) is 0 Å². The van der Waals surface area contributed by atoms with E-state index in [4.69, 9.17) is 4.74 Å². The number of nitrogens with zero attached hydrogens (tertiary/aromatic N) is 2. The van der Waals surface area contributed by atoms with Crippen LogP contribution in [0.4, 0.5) is 0 Å². The molecule has 1 amide bonds. The number of benzene rings is 1. The van der Waals surface area contributed by atoms with Crippen molar-refractivity contribution < 1.29 is 19.4 Å². The van der Waals surface area contributed by atoms with Crippen molar-refractivity contribution in [2.75, 3.05) is 26.3 Å². The molecule has 0 aliphatic heterocycles. The van der Waals surface area contributed by atoms with Crippen LogP contribution in [0.3, 0.4) is 0 Å². The molecule has 1 N–H and O–H groups in total. The van der Waals surface area contributed by atoms with Gasteiger partial charge in [-0.05, 0) is 44.0 Å². The van der Waals surface area contributed by atoms with Gasteiger partial charge >= 0.3 is 5.97 Å². The molecular weight excluding hydrogens is 356 g/mol. The summed E-state index contributed by atoms with van der Waals surface area (Å²) < 4.78 is 5.36. The number of aliphatic carboxylic acids is 1. The lowest BCUT2D eigenvalue weighted by molar-refractivity contribution is -0.141. The second-order valence-electron chi connectivity index (χ2n) is 6.73. The second kappa shape index (κ2) is 10.6. The molecule has 0 fully saturated rings. The van der Waals surface area contributed by atoms with E-state index in [2.05, 4.69) is 4.98 Å².